The standard InChI is InChI=1S/C9H11ClN2O3S2/c10-7-1-2-9(16-7)17(14,15)12-5-3-8(13)11-4-6-12/h1-2H,3-6H2,(H,11,13). The fourth-order valence-corrected chi connectivity index (χ4v) is 4.63. The third-order valence-corrected chi connectivity index (χ3v) is 6.01. The van der Waals surface area contributed by atoms with E-state index in [1.165, 1.54) is 10.4 Å². The van der Waals surface area contributed by atoms with Gasteiger partial charge < -0.3 is 5.32 Å². The zero-order chi connectivity index (χ0) is 12.5. The number of rotatable bonds is 2. The average molecular weight is 295 g/mol. The summed E-state index contributed by atoms with van der Waals surface area (Å²) >= 11 is 6.76. The molecule has 2 heterocycles. The highest BCUT2D eigenvalue weighted by atomic mass is 35.5. The Morgan fingerprint density at radius 3 is 2.76 bits per heavy atom. The Kier molecular flexibility index (Phi) is 3.72. The van der Waals surface area contributed by atoms with Crippen LogP contribution in [0.25, 0.3) is 0 Å². The molecule has 0 spiro atoms. The second kappa shape index (κ2) is 4.93. The summed E-state index contributed by atoms with van der Waals surface area (Å²) in [5.41, 5.74) is 0. The molecule has 1 aliphatic rings. The summed E-state index contributed by atoms with van der Waals surface area (Å²) in [7, 11) is -3.51. The van der Waals surface area contributed by atoms with Crippen LogP contribution in [0.4, 0.5) is 0 Å². The second-order valence-corrected chi connectivity index (χ2v) is 7.44. The van der Waals surface area contributed by atoms with Crippen LogP contribution in [0.1, 0.15) is 6.42 Å². The number of halogens is 1. The highest BCUT2D eigenvalue weighted by molar-refractivity contribution is 7.91. The van der Waals surface area contributed by atoms with E-state index in [0.29, 0.717) is 17.4 Å². The van der Waals surface area contributed by atoms with Crippen molar-refractivity contribution in [3.63, 3.8) is 0 Å². The lowest BCUT2D eigenvalue weighted by Crippen LogP contribution is -2.33. The zero-order valence-electron chi connectivity index (χ0n) is 8.85. The van der Waals surface area contributed by atoms with E-state index in [1.807, 2.05) is 0 Å². The zero-order valence-corrected chi connectivity index (χ0v) is 11.2. The van der Waals surface area contributed by atoms with Gasteiger partial charge in [-0.3, -0.25) is 4.79 Å². The highest BCUT2D eigenvalue weighted by Crippen LogP contribution is 2.28. The maximum absolute atomic E-state index is 12.2. The van der Waals surface area contributed by atoms with Gasteiger partial charge in [0.25, 0.3) is 10.0 Å². The summed E-state index contributed by atoms with van der Waals surface area (Å²) in [5.74, 6) is -0.119. The van der Waals surface area contributed by atoms with Crippen LogP contribution in [0.15, 0.2) is 16.3 Å². The van der Waals surface area contributed by atoms with Gasteiger partial charge in [0.2, 0.25) is 5.91 Å². The lowest BCUT2D eigenvalue weighted by atomic mass is 10.4. The van der Waals surface area contributed by atoms with Crippen LogP contribution >= 0.6 is 22.9 Å². The quantitative estimate of drug-likeness (QED) is 0.882. The molecule has 1 amide bonds. The molecule has 0 aliphatic carbocycles. The Morgan fingerprint density at radius 1 is 1.35 bits per heavy atom. The van der Waals surface area contributed by atoms with Crippen molar-refractivity contribution in [2.45, 2.75) is 10.6 Å². The molecule has 0 aromatic carbocycles. The number of carbonyl (C=O) groups is 1. The predicted molar refractivity (Wildman–Crippen MR) is 65.7 cm³/mol. The Bertz CT molecular complexity index is 526. The van der Waals surface area contributed by atoms with Crippen LogP contribution in [0.3, 0.4) is 0 Å². The summed E-state index contributed by atoms with van der Waals surface area (Å²) in [4.78, 5) is 11.1. The first-order chi connectivity index (χ1) is 8.00. The average Bonchev–Trinajstić information content (AvgIpc) is 2.58. The fourth-order valence-electron chi connectivity index (χ4n) is 1.55. The van der Waals surface area contributed by atoms with Crippen LogP contribution in [0.2, 0.25) is 4.34 Å². The van der Waals surface area contributed by atoms with E-state index in [9.17, 15) is 13.2 Å². The van der Waals surface area contributed by atoms with Crippen LogP contribution in [0, 0.1) is 0 Å². The molecule has 0 bridgehead atoms. The molecular weight excluding hydrogens is 284 g/mol. The smallest absolute Gasteiger partial charge is 0.252 e. The van der Waals surface area contributed by atoms with E-state index in [-0.39, 0.29) is 23.1 Å². The lowest BCUT2D eigenvalue weighted by molar-refractivity contribution is -0.120. The molecular formula is C9H11ClN2O3S2. The van der Waals surface area contributed by atoms with Gasteiger partial charge in [-0.2, -0.15) is 4.31 Å². The normalized spacial score (nSPS) is 18.8. The number of hydrogen-bond acceptors (Lipinski definition) is 4. The molecule has 0 unspecified atom stereocenters. The molecule has 0 saturated carbocycles. The van der Waals surface area contributed by atoms with Gasteiger partial charge in [-0.1, -0.05) is 11.6 Å². The van der Waals surface area contributed by atoms with Crippen LogP contribution in [0.5, 0.6) is 0 Å². The van der Waals surface area contributed by atoms with Crippen molar-refractivity contribution >= 4 is 38.9 Å². The van der Waals surface area contributed by atoms with E-state index in [2.05, 4.69) is 5.32 Å². The van der Waals surface area contributed by atoms with E-state index in [1.54, 1.807) is 6.07 Å². The molecule has 8 heteroatoms. The Labute approximate surface area is 108 Å². The van der Waals surface area contributed by atoms with E-state index >= 15 is 0 Å². The number of amides is 1. The van der Waals surface area contributed by atoms with Crippen molar-refractivity contribution in [3.8, 4) is 0 Å². The largest absolute Gasteiger partial charge is 0.355 e. The van der Waals surface area contributed by atoms with Crippen molar-refractivity contribution < 1.29 is 13.2 Å². The summed E-state index contributed by atoms with van der Waals surface area (Å²) < 4.78 is 26.4. The van der Waals surface area contributed by atoms with Gasteiger partial charge in [0.15, 0.2) is 0 Å². The molecule has 94 valence electrons. The number of nitrogens with zero attached hydrogens (tertiary/aromatic N) is 1. The van der Waals surface area contributed by atoms with Crippen molar-refractivity contribution in [3.05, 3.63) is 16.5 Å². The Morgan fingerprint density at radius 2 is 2.12 bits per heavy atom. The minimum Gasteiger partial charge on any atom is -0.355 e. The van der Waals surface area contributed by atoms with Gasteiger partial charge >= 0.3 is 0 Å². The van der Waals surface area contributed by atoms with Crippen molar-refractivity contribution in [1.82, 2.24) is 9.62 Å². The maximum Gasteiger partial charge on any atom is 0.252 e. The number of sulfonamides is 1. The molecule has 1 fully saturated rings. The number of nitrogens with one attached hydrogen (secondary N) is 1. The van der Waals surface area contributed by atoms with E-state index < -0.39 is 10.0 Å². The minimum absolute atomic E-state index is 0.119. The number of thiophene rings is 1. The van der Waals surface area contributed by atoms with Crippen molar-refractivity contribution in [2.24, 2.45) is 0 Å². The molecule has 0 radical (unpaired) electrons. The van der Waals surface area contributed by atoms with Crippen LogP contribution in [-0.2, 0) is 14.8 Å². The van der Waals surface area contributed by atoms with Gasteiger partial charge in [-0.05, 0) is 12.1 Å². The van der Waals surface area contributed by atoms with Crippen molar-refractivity contribution in [2.75, 3.05) is 19.6 Å². The molecule has 1 aromatic heterocycles. The molecule has 1 aliphatic heterocycles. The molecule has 0 atom stereocenters. The first kappa shape index (κ1) is 12.8. The molecule has 1 saturated heterocycles. The van der Waals surface area contributed by atoms with Gasteiger partial charge in [0.05, 0.1) is 4.34 Å². The van der Waals surface area contributed by atoms with Crippen molar-refractivity contribution in [1.29, 1.82) is 0 Å². The third-order valence-electron chi connectivity index (χ3n) is 2.41. The predicted octanol–water partition coefficient (Wildman–Crippen LogP) is 0.912. The molecule has 5 nitrogen and oxygen atoms in total. The molecule has 2 rings (SSSR count). The van der Waals surface area contributed by atoms with E-state index in [0.717, 1.165) is 11.3 Å². The van der Waals surface area contributed by atoms with Crippen LogP contribution < -0.4 is 5.32 Å². The second-order valence-electron chi connectivity index (χ2n) is 3.56. The number of carbonyl (C=O) groups excluding carboxylic acids is 1. The summed E-state index contributed by atoms with van der Waals surface area (Å²) in [6, 6.07) is 3.04. The van der Waals surface area contributed by atoms with Gasteiger partial charge in [-0.25, -0.2) is 8.42 Å². The molecule has 17 heavy (non-hydrogen) atoms. The summed E-state index contributed by atoms with van der Waals surface area (Å²) in [6.07, 6.45) is 0.193. The lowest BCUT2D eigenvalue weighted by Gasteiger charge is -2.17. The van der Waals surface area contributed by atoms with Gasteiger partial charge in [0.1, 0.15) is 4.21 Å². The summed E-state index contributed by atoms with van der Waals surface area (Å²) in [6.45, 7) is 0.852. The SMILES string of the molecule is O=C1CCN(S(=O)(=O)c2ccc(Cl)s2)CCN1. The van der Waals surface area contributed by atoms with Crippen LogP contribution in [-0.4, -0.2) is 38.3 Å². The Balaban J connectivity index is 2.23. The molecule has 1 aromatic rings. The molecule has 1 N–H and O–H groups in total. The monoisotopic (exact) mass is 294 g/mol. The highest BCUT2D eigenvalue weighted by Gasteiger charge is 2.27. The minimum atomic E-state index is -3.51. The first-order valence-electron chi connectivity index (χ1n) is 5.02. The van der Waals surface area contributed by atoms with E-state index in [4.69, 9.17) is 11.6 Å². The number of hydrogen-bond donors (Lipinski definition) is 1. The summed E-state index contributed by atoms with van der Waals surface area (Å²) in [5, 5.41) is 2.64. The van der Waals surface area contributed by atoms with Gasteiger partial charge in [0, 0.05) is 26.1 Å². The fraction of sp³-hybridized carbons (Fsp3) is 0.444. The maximum atomic E-state index is 12.2. The topological polar surface area (TPSA) is 66.5 Å². The van der Waals surface area contributed by atoms with Gasteiger partial charge in [-0.15, -0.1) is 11.3 Å². The third kappa shape index (κ3) is 2.79. The Hall–Kier alpha value is -0.630. The first-order valence-corrected chi connectivity index (χ1v) is 7.66.